The molecule has 26 heavy (non-hydrogen) atoms. The Hall–Kier alpha value is -1.30. The molecule has 0 aromatic heterocycles. The van der Waals surface area contributed by atoms with E-state index < -0.39 is 6.10 Å². The first-order valence-corrected chi connectivity index (χ1v) is 9.59. The molecule has 1 N–H and O–H groups in total. The van der Waals surface area contributed by atoms with E-state index in [0.717, 1.165) is 42.5 Å². The zero-order valence-corrected chi connectivity index (χ0v) is 16.2. The van der Waals surface area contributed by atoms with Crippen LogP contribution >= 0.6 is 23.2 Å². The van der Waals surface area contributed by atoms with Crippen molar-refractivity contribution in [3.63, 3.8) is 0 Å². The van der Waals surface area contributed by atoms with Gasteiger partial charge in [0.25, 0.3) is 0 Å². The van der Waals surface area contributed by atoms with Gasteiger partial charge in [-0.1, -0.05) is 41.4 Å². The molecule has 1 atom stereocenters. The highest BCUT2D eigenvalue weighted by molar-refractivity contribution is 6.31. The summed E-state index contributed by atoms with van der Waals surface area (Å²) in [7, 11) is 0. The van der Waals surface area contributed by atoms with E-state index in [9.17, 15) is 5.11 Å². The number of aliphatic hydroxyl groups is 1. The molecule has 1 heterocycles. The Morgan fingerprint density at radius 1 is 0.962 bits per heavy atom. The van der Waals surface area contributed by atoms with Gasteiger partial charge in [-0.2, -0.15) is 0 Å². The zero-order valence-electron chi connectivity index (χ0n) is 14.7. The quantitative estimate of drug-likeness (QED) is 0.776. The van der Waals surface area contributed by atoms with Gasteiger partial charge in [0.05, 0.1) is 19.3 Å². The second-order valence-electron chi connectivity index (χ2n) is 6.56. The van der Waals surface area contributed by atoms with Crippen molar-refractivity contribution >= 4 is 28.9 Å². The number of β-amino-alcohol motifs (C(OH)–C–C–N with tert-alkyl or cyclic N) is 1. The number of aliphatic hydroxyl groups excluding tert-OH is 1. The van der Waals surface area contributed by atoms with E-state index in [1.807, 2.05) is 42.5 Å². The SMILES string of the molecule is O[C@@H](COCc1ccc(Cl)cc1)CN1CCN(c2cccc(Cl)c2)CC1. The summed E-state index contributed by atoms with van der Waals surface area (Å²) in [6.07, 6.45) is -0.486. The number of benzene rings is 2. The van der Waals surface area contributed by atoms with Gasteiger partial charge in [0.15, 0.2) is 0 Å². The maximum atomic E-state index is 10.2. The molecule has 1 aliphatic heterocycles. The molecule has 1 aliphatic rings. The van der Waals surface area contributed by atoms with E-state index >= 15 is 0 Å². The topological polar surface area (TPSA) is 35.9 Å². The number of piperazine rings is 1. The predicted molar refractivity (Wildman–Crippen MR) is 107 cm³/mol. The number of anilines is 1. The van der Waals surface area contributed by atoms with Crippen LogP contribution in [0.2, 0.25) is 10.0 Å². The van der Waals surface area contributed by atoms with E-state index in [4.69, 9.17) is 27.9 Å². The Morgan fingerprint density at radius 3 is 2.38 bits per heavy atom. The summed E-state index contributed by atoms with van der Waals surface area (Å²) in [5, 5.41) is 11.7. The lowest BCUT2D eigenvalue weighted by Gasteiger charge is -2.36. The minimum absolute atomic E-state index is 0.330. The van der Waals surface area contributed by atoms with Crippen molar-refractivity contribution in [3.05, 3.63) is 64.1 Å². The average Bonchev–Trinajstić information content (AvgIpc) is 2.64. The third-order valence-electron chi connectivity index (χ3n) is 4.51. The van der Waals surface area contributed by atoms with Gasteiger partial charge in [0, 0.05) is 48.5 Å². The Bertz CT molecular complexity index is 688. The lowest BCUT2D eigenvalue weighted by molar-refractivity contribution is 0.00914. The fraction of sp³-hybridized carbons (Fsp3) is 0.400. The van der Waals surface area contributed by atoms with Crippen molar-refractivity contribution < 1.29 is 9.84 Å². The molecule has 2 aromatic rings. The molecule has 0 radical (unpaired) electrons. The summed E-state index contributed by atoms with van der Waals surface area (Å²) in [6.45, 7) is 5.14. The van der Waals surface area contributed by atoms with Crippen LogP contribution in [0.3, 0.4) is 0 Å². The Kier molecular flexibility index (Phi) is 7.17. The first-order chi connectivity index (χ1) is 12.6. The fourth-order valence-electron chi connectivity index (χ4n) is 3.11. The van der Waals surface area contributed by atoms with Crippen LogP contribution in [0.5, 0.6) is 0 Å². The van der Waals surface area contributed by atoms with Gasteiger partial charge in [0.2, 0.25) is 0 Å². The third kappa shape index (κ3) is 5.86. The first-order valence-electron chi connectivity index (χ1n) is 8.83. The molecule has 140 valence electrons. The fourth-order valence-corrected chi connectivity index (χ4v) is 3.42. The van der Waals surface area contributed by atoms with Crippen molar-refractivity contribution in [1.29, 1.82) is 0 Å². The van der Waals surface area contributed by atoms with Crippen molar-refractivity contribution in [2.45, 2.75) is 12.7 Å². The van der Waals surface area contributed by atoms with Crippen LogP contribution in [-0.2, 0) is 11.3 Å². The van der Waals surface area contributed by atoms with Crippen molar-refractivity contribution in [3.8, 4) is 0 Å². The van der Waals surface area contributed by atoms with Crippen LogP contribution in [0, 0.1) is 0 Å². The van der Waals surface area contributed by atoms with Crippen molar-refractivity contribution in [2.24, 2.45) is 0 Å². The van der Waals surface area contributed by atoms with E-state index in [-0.39, 0.29) is 0 Å². The second kappa shape index (κ2) is 9.58. The van der Waals surface area contributed by atoms with Crippen LogP contribution in [0.1, 0.15) is 5.56 Å². The Morgan fingerprint density at radius 2 is 1.69 bits per heavy atom. The molecule has 3 rings (SSSR count). The highest BCUT2D eigenvalue weighted by Gasteiger charge is 2.19. The van der Waals surface area contributed by atoms with E-state index in [1.54, 1.807) is 0 Å². The van der Waals surface area contributed by atoms with Gasteiger partial charge < -0.3 is 14.7 Å². The highest BCUT2D eigenvalue weighted by Crippen LogP contribution is 2.20. The summed E-state index contributed by atoms with van der Waals surface area (Å²) in [6, 6.07) is 15.5. The largest absolute Gasteiger partial charge is 0.389 e. The third-order valence-corrected chi connectivity index (χ3v) is 4.99. The molecule has 0 amide bonds. The second-order valence-corrected chi connectivity index (χ2v) is 7.44. The number of halogens is 2. The number of rotatable bonds is 7. The molecule has 0 bridgehead atoms. The normalized spacial score (nSPS) is 16.7. The summed E-state index contributed by atoms with van der Waals surface area (Å²) in [4.78, 5) is 4.60. The molecule has 1 fully saturated rings. The average molecular weight is 395 g/mol. The lowest BCUT2D eigenvalue weighted by Crippen LogP contribution is -2.49. The Balaban J connectivity index is 1.36. The summed E-state index contributed by atoms with van der Waals surface area (Å²) in [5.41, 5.74) is 2.21. The molecule has 6 heteroatoms. The van der Waals surface area contributed by atoms with Gasteiger partial charge in [-0.15, -0.1) is 0 Å². The molecular formula is C20H24Cl2N2O2. The number of nitrogens with zero attached hydrogens (tertiary/aromatic N) is 2. The van der Waals surface area contributed by atoms with Crippen LogP contribution in [0.4, 0.5) is 5.69 Å². The first kappa shape index (κ1) is 19.5. The lowest BCUT2D eigenvalue weighted by atomic mass is 10.2. The van der Waals surface area contributed by atoms with Crippen LogP contribution < -0.4 is 4.90 Å². The predicted octanol–water partition coefficient (Wildman–Crippen LogP) is 3.69. The van der Waals surface area contributed by atoms with Gasteiger partial charge in [-0.05, 0) is 35.9 Å². The Labute approximate surface area is 164 Å². The van der Waals surface area contributed by atoms with Gasteiger partial charge >= 0.3 is 0 Å². The molecule has 2 aromatic carbocycles. The molecule has 0 aliphatic carbocycles. The molecule has 1 saturated heterocycles. The molecular weight excluding hydrogens is 371 g/mol. The smallest absolute Gasteiger partial charge is 0.0900 e. The van der Waals surface area contributed by atoms with Crippen LogP contribution in [0.25, 0.3) is 0 Å². The molecule has 4 nitrogen and oxygen atoms in total. The van der Waals surface area contributed by atoms with Crippen LogP contribution in [0.15, 0.2) is 48.5 Å². The number of ether oxygens (including phenoxy) is 1. The summed E-state index contributed by atoms with van der Waals surface area (Å²) < 4.78 is 5.62. The van der Waals surface area contributed by atoms with Crippen molar-refractivity contribution in [1.82, 2.24) is 4.90 Å². The minimum Gasteiger partial charge on any atom is -0.389 e. The van der Waals surface area contributed by atoms with E-state index in [1.165, 1.54) is 0 Å². The maximum absolute atomic E-state index is 10.2. The van der Waals surface area contributed by atoms with E-state index in [0.29, 0.717) is 24.8 Å². The van der Waals surface area contributed by atoms with Gasteiger partial charge in [-0.3, -0.25) is 4.90 Å². The molecule has 0 spiro atoms. The molecule has 0 unspecified atom stereocenters. The monoisotopic (exact) mass is 394 g/mol. The zero-order chi connectivity index (χ0) is 18.4. The van der Waals surface area contributed by atoms with Gasteiger partial charge in [-0.25, -0.2) is 0 Å². The maximum Gasteiger partial charge on any atom is 0.0900 e. The molecule has 0 saturated carbocycles. The highest BCUT2D eigenvalue weighted by atomic mass is 35.5. The number of hydrogen-bond donors (Lipinski definition) is 1. The van der Waals surface area contributed by atoms with Crippen LogP contribution in [-0.4, -0.2) is 55.4 Å². The standard InChI is InChI=1S/C20H24Cl2N2O2/c21-17-6-4-16(5-7-17)14-26-15-20(25)13-23-8-10-24(11-9-23)19-3-1-2-18(22)12-19/h1-7,12,20,25H,8-11,13-15H2/t20-/m1/s1. The van der Waals surface area contributed by atoms with Gasteiger partial charge in [0.1, 0.15) is 0 Å². The van der Waals surface area contributed by atoms with Crippen molar-refractivity contribution in [2.75, 3.05) is 44.2 Å². The van der Waals surface area contributed by atoms with E-state index in [2.05, 4.69) is 15.9 Å². The summed E-state index contributed by atoms with van der Waals surface area (Å²) >= 11 is 11.9. The summed E-state index contributed by atoms with van der Waals surface area (Å²) in [5.74, 6) is 0. The number of hydrogen-bond acceptors (Lipinski definition) is 4. The minimum atomic E-state index is -0.486.